The van der Waals surface area contributed by atoms with Crippen molar-refractivity contribution in [3.63, 3.8) is 0 Å². The van der Waals surface area contributed by atoms with Gasteiger partial charge in [0.1, 0.15) is 0 Å². The van der Waals surface area contributed by atoms with Gasteiger partial charge in [-0.3, -0.25) is 9.59 Å². The normalized spacial score (nSPS) is 21.3. The number of hydrogen-bond donors (Lipinski definition) is 0. The Balaban J connectivity index is 1.37. The third kappa shape index (κ3) is 3.86. The predicted octanol–water partition coefficient (Wildman–Crippen LogP) is 3.29. The van der Waals surface area contributed by atoms with Crippen LogP contribution >= 0.6 is 11.3 Å². The fourth-order valence-electron chi connectivity index (χ4n) is 4.57. The average Bonchev–Trinajstić information content (AvgIpc) is 3.48. The maximum atomic E-state index is 13.6. The van der Waals surface area contributed by atoms with Gasteiger partial charge in [-0.1, -0.05) is 23.8 Å². The summed E-state index contributed by atoms with van der Waals surface area (Å²) in [6.45, 7) is 4.59. The Morgan fingerprint density at radius 1 is 1.00 bits per heavy atom. The van der Waals surface area contributed by atoms with Crippen molar-refractivity contribution in [1.29, 1.82) is 0 Å². The third-order valence-electron chi connectivity index (χ3n) is 6.21. The molecular weight excluding hydrogens is 422 g/mol. The van der Waals surface area contributed by atoms with Gasteiger partial charge in [0.05, 0.1) is 12.0 Å². The highest BCUT2D eigenvalue weighted by molar-refractivity contribution is 7.10. The van der Waals surface area contributed by atoms with Crippen molar-refractivity contribution in [1.82, 2.24) is 14.9 Å². The lowest BCUT2D eigenvalue weighted by Gasteiger charge is -2.37. The summed E-state index contributed by atoms with van der Waals surface area (Å²) in [5.74, 6) is 0.363. The van der Waals surface area contributed by atoms with Gasteiger partial charge in [0.2, 0.25) is 17.8 Å². The first kappa shape index (κ1) is 20.6. The number of aryl methyl sites for hydroxylation is 1. The minimum Gasteiger partial charge on any atom is -0.339 e. The minimum absolute atomic E-state index is 0.00178. The van der Waals surface area contributed by atoms with Gasteiger partial charge in [-0.15, -0.1) is 11.3 Å². The van der Waals surface area contributed by atoms with Gasteiger partial charge in [-0.2, -0.15) is 0 Å². The number of amides is 2. The van der Waals surface area contributed by atoms with E-state index in [1.807, 2.05) is 58.5 Å². The summed E-state index contributed by atoms with van der Waals surface area (Å²) in [6.07, 6.45) is 3.70. The Bertz CT molecular complexity index is 1080. The number of nitrogens with zero attached hydrogens (tertiary/aromatic N) is 5. The average molecular weight is 448 g/mol. The standard InChI is InChI=1S/C24H25N5O2S/c1-17-5-7-18(8-6-17)29-21(30)16-19(22(29)20-4-2-15-32-20)23(31)27-11-13-28(14-12-27)24-25-9-3-10-26-24/h2-10,15,19,22H,11-14,16H2,1H3/t19-,22-/m1/s1. The molecule has 0 N–H and O–H groups in total. The Morgan fingerprint density at radius 2 is 1.72 bits per heavy atom. The number of piperazine rings is 1. The van der Waals surface area contributed by atoms with Crippen LogP contribution in [0.15, 0.2) is 60.2 Å². The Morgan fingerprint density at radius 3 is 2.38 bits per heavy atom. The molecule has 2 atom stereocenters. The zero-order valence-electron chi connectivity index (χ0n) is 17.9. The maximum Gasteiger partial charge on any atom is 0.228 e. The first-order valence-electron chi connectivity index (χ1n) is 10.8. The molecule has 0 unspecified atom stereocenters. The Kier molecular flexibility index (Phi) is 5.61. The molecular formula is C24H25N5O2S. The van der Waals surface area contributed by atoms with Crippen molar-refractivity contribution in [3.8, 4) is 0 Å². The fourth-order valence-corrected chi connectivity index (χ4v) is 5.45. The van der Waals surface area contributed by atoms with E-state index < -0.39 is 0 Å². The Labute approximate surface area is 191 Å². The van der Waals surface area contributed by atoms with E-state index >= 15 is 0 Å². The van der Waals surface area contributed by atoms with Crippen LogP contribution in [0.3, 0.4) is 0 Å². The SMILES string of the molecule is Cc1ccc(N2C(=O)C[C@@H](C(=O)N3CCN(c4ncccn4)CC3)[C@@H]2c2cccs2)cc1. The Hall–Kier alpha value is -3.26. The molecule has 8 heteroatoms. The summed E-state index contributed by atoms with van der Waals surface area (Å²) in [6, 6.07) is 13.5. The van der Waals surface area contributed by atoms with Crippen LogP contribution < -0.4 is 9.80 Å². The van der Waals surface area contributed by atoms with Crippen LogP contribution in [0.5, 0.6) is 0 Å². The molecule has 2 amide bonds. The van der Waals surface area contributed by atoms with Crippen LogP contribution in [0, 0.1) is 12.8 Å². The van der Waals surface area contributed by atoms with Crippen molar-refractivity contribution >= 4 is 34.8 Å². The van der Waals surface area contributed by atoms with Gasteiger partial charge in [-0.05, 0) is 36.6 Å². The zero-order chi connectivity index (χ0) is 22.1. The summed E-state index contributed by atoms with van der Waals surface area (Å²) in [7, 11) is 0. The van der Waals surface area contributed by atoms with E-state index in [0.29, 0.717) is 32.1 Å². The third-order valence-corrected chi connectivity index (χ3v) is 7.16. The lowest BCUT2D eigenvalue weighted by atomic mass is 9.96. The number of anilines is 2. The monoisotopic (exact) mass is 447 g/mol. The molecule has 7 nitrogen and oxygen atoms in total. The summed E-state index contributed by atoms with van der Waals surface area (Å²) in [4.78, 5) is 42.3. The molecule has 164 valence electrons. The second-order valence-electron chi connectivity index (χ2n) is 8.23. The van der Waals surface area contributed by atoms with Gasteiger partial charge in [0.15, 0.2) is 0 Å². The van der Waals surface area contributed by atoms with Crippen LogP contribution in [0.25, 0.3) is 0 Å². The summed E-state index contributed by atoms with van der Waals surface area (Å²) in [5.41, 5.74) is 1.99. The molecule has 0 radical (unpaired) electrons. The predicted molar refractivity (Wildman–Crippen MR) is 125 cm³/mol. The van der Waals surface area contributed by atoms with Gasteiger partial charge >= 0.3 is 0 Å². The second-order valence-corrected chi connectivity index (χ2v) is 9.21. The summed E-state index contributed by atoms with van der Waals surface area (Å²) >= 11 is 1.60. The van der Waals surface area contributed by atoms with Crippen LogP contribution in [0.1, 0.15) is 22.9 Å². The number of benzene rings is 1. The quantitative estimate of drug-likeness (QED) is 0.614. The molecule has 2 aliphatic heterocycles. The van der Waals surface area contributed by atoms with E-state index in [1.54, 1.807) is 29.8 Å². The smallest absolute Gasteiger partial charge is 0.228 e. The van der Waals surface area contributed by atoms with E-state index in [1.165, 1.54) is 0 Å². The fraction of sp³-hybridized carbons (Fsp3) is 0.333. The largest absolute Gasteiger partial charge is 0.339 e. The lowest BCUT2D eigenvalue weighted by Crippen LogP contribution is -2.51. The van der Waals surface area contributed by atoms with Crippen LogP contribution in [-0.4, -0.2) is 52.9 Å². The molecule has 2 aromatic heterocycles. The van der Waals surface area contributed by atoms with Crippen molar-refractivity contribution < 1.29 is 9.59 Å². The molecule has 0 saturated carbocycles. The number of thiophene rings is 1. The molecule has 5 rings (SSSR count). The zero-order valence-corrected chi connectivity index (χ0v) is 18.7. The molecule has 1 aromatic carbocycles. The van der Waals surface area contributed by atoms with Gasteiger partial charge in [0, 0.05) is 55.6 Å². The number of aromatic nitrogens is 2. The van der Waals surface area contributed by atoms with E-state index in [2.05, 4.69) is 14.9 Å². The van der Waals surface area contributed by atoms with E-state index in [9.17, 15) is 9.59 Å². The lowest BCUT2D eigenvalue weighted by molar-refractivity contribution is -0.136. The molecule has 4 heterocycles. The number of carbonyl (C=O) groups is 2. The van der Waals surface area contributed by atoms with Gasteiger partial charge in [0.25, 0.3) is 0 Å². The summed E-state index contributed by atoms with van der Waals surface area (Å²) in [5, 5.41) is 2.01. The number of hydrogen-bond acceptors (Lipinski definition) is 6. The number of carbonyl (C=O) groups excluding carboxylic acids is 2. The highest BCUT2D eigenvalue weighted by Crippen LogP contribution is 2.43. The highest BCUT2D eigenvalue weighted by atomic mass is 32.1. The molecule has 2 fully saturated rings. The topological polar surface area (TPSA) is 69.6 Å². The van der Waals surface area contributed by atoms with E-state index in [4.69, 9.17) is 0 Å². The van der Waals surface area contributed by atoms with Crippen molar-refractivity contribution in [2.45, 2.75) is 19.4 Å². The molecule has 2 aliphatic rings. The van der Waals surface area contributed by atoms with Crippen LogP contribution in [-0.2, 0) is 9.59 Å². The molecule has 0 aliphatic carbocycles. The maximum absolute atomic E-state index is 13.6. The molecule has 32 heavy (non-hydrogen) atoms. The van der Waals surface area contributed by atoms with Gasteiger partial charge < -0.3 is 14.7 Å². The minimum atomic E-state index is -0.387. The van der Waals surface area contributed by atoms with Crippen LogP contribution in [0.2, 0.25) is 0 Å². The van der Waals surface area contributed by atoms with Gasteiger partial charge in [-0.25, -0.2) is 9.97 Å². The van der Waals surface area contributed by atoms with E-state index in [0.717, 1.165) is 16.1 Å². The van der Waals surface area contributed by atoms with Crippen molar-refractivity contribution in [3.05, 3.63) is 70.7 Å². The first-order chi connectivity index (χ1) is 15.6. The van der Waals surface area contributed by atoms with Crippen LogP contribution in [0.4, 0.5) is 11.6 Å². The highest BCUT2D eigenvalue weighted by Gasteiger charge is 2.47. The molecule has 2 saturated heterocycles. The molecule has 0 bridgehead atoms. The molecule has 0 spiro atoms. The van der Waals surface area contributed by atoms with Crippen molar-refractivity contribution in [2.75, 3.05) is 36.0 Å². The second kappa shape index (κ2) is 8.70. The number of rotatable bonds is 4. The molecule has 3 aromatic rings. The first-order valence-corrected chi connectivity index (χ1v) is 11.7. The van der Waals surface area contributed by atoms with Crippen molar-refractivity contribution in [2.24, 2.45) is 5.92 Å². The van der Waals surface area contributed by atoms with E-state index in [-0.39, 0.29) is 30.2 Å². The summed E-state index contributed by atoms with van der Waals surface area (Å²) < 4.78 is 0.